The van der Waals surface area contributed by atoms with E-state index in [9.17, 15) is 4.79 Å². The molecule has 1 aliphatic heterocycles. The van der Waals surface area contributed by atoms with Crippen molar-refractivity contribution in [2.24, 2.45) is 5.92 Å². The lowest BCUT2D eigenvalue weighted by molar-refractivity contribution is 0.0972. The summed E-state index contributed by atoms with van der Waals surface area (Å²) in [7, 11) is 1.58. The number of ketones is 1. The lowest BCUT2D eigenvalue weighted by Crippen LogP contribution is -2.18. The summed E-state index contributed by atoms with van der Waals surface area (Å²) >= 11 is 1.40. The smallest absolute Gasteiger partial charge is 0.178 e. The van der Waals surface area contributed by atoms with Crippen molar-refractivity contribution in [1.29, 1.82) is 0 Å². The van der Waals surface area contributed by atoms with Crippen LogP contribution >= 0.6 is 11.3 Å². The molecular formula is C14H20N2O3S. The number of anilines is 2. The summed E-state index contributed by atoms with van der Waals surface area (Å²) in [6.45, 7) is 1.56. The Hall–Kier alpha value is -1.27. The quantitative estimate of drug-likeness (QED) is 0.789. The molecule has 1 saturated heterocycles. The Morgan fingerprint density at radius 2 is 2.30 bits per heavy atom. The van der Waals surface area contributed by atoms with Crippen molar-refractivity contribution in [2.45, 2.75) is 31.8 Å². The third-order valence-electron chi connectivity index (χ3n) is 3.79. The van der Waals surface area contributed by atoms with Gasteiger partial charge in [0.05, 0.1) is 23.8 Å². The number of hydrogen-bond acceptors (Lipinski definition) is 6. The molecule has 1 saturated carbocycles. The van der Waals surface area contributed by atoms with Gasteiger partial charge in [0.2, 0.25) is 0 Å². The average Bonchev–Trinajstić information content (AvgIpc) is 3.07. The second-order valence-corrected chi connectivity index (χ2v) is 6.38. The van der Waals surface area contributed by atoms with E-state index in [1.807, 2.05) is 0 Å². The minimum Gasteiger partial charge on any atom is -0.492 e. The standard InChI is InChI=1S/C14H20N2O3S/c1-18-12-10(15)13(11(17)8-4-5-8)20-14(12)16-7-9-3-2-6-19-9/h8-9,16H,2-7,15H2,1H3. The SMILES string of the molecule is COc1c(NCC2CCCO2)sc(C(=O)C2CC2)c1N. The van der Waals surface area contributed by atoms with Gasteiger partial charge in [0, 0.05) is 19.1 Å². The molecule has 1 aromatic rings. The first-order valence-electron chi connectivity index (χ1n) is 7.06. The Labute approximate surface area is 122 Å². The van der Waals surface area contributed by atoms with Crippen LogP contribution in [0.5, 0.6) is 5.75 Å². The first-order valence-corrected chi connectivity index (χ1v) is 7.88. The molecule has 0 amide bonds. The number of ether oxygens (including phenoxy) is 2. The van der Waals surface area contributed by atoms with Crippen LogP contribution in [0.25, 0.3) is 0 Å². The molecule has 1 atom stereocenters. The van der Waals surface area contributed by atoms with Gasteiger partial charge in [0.25, 0.3) is 0 Å². The van der Waals surface area contributed by atoms with E-state index >= 15 is 0 Å². The first-order chi connectivity index (χ1) is 9.70. The summed E-state index contributed by atoms with van der Waals surface area (Å²) in [5, 5.41) is 4.16. The molecule has 0 spiro atoms. The van der Waals surface area contributed by atoms with Crippen LogP contribution in [0.1, 0.15) is 35.4 Å². The highest BCUT2D eigenvalue weighted by molar-refractivity contribution is 7.19. The zero-order valence-corrected chi connectivity index (χ0v) is 12.4. The Morgan fingerprint density at radius 3 is 2.90 bits per heavy atom. The van der Waals surface area contributed by atoms with Crippen molar-refractivity contribution in [1.82, 2.24) is 0 Å². The molecular weight excluding hydrogens is 276 g/mol. The minimum atomic E-state index is 0.163. The summed E-state index contributed by atoms with van der Waals surface area (Å²) in [6, 6.07) is 0. The van der Waals surface area contributed by atoms with Crippen LogP contribution in [-0.4, -0.2) is 32.1 Å². The maximum Gasteiger partial charge on any atom is 0.178 e. The topological polar surface area (TPSA) is 73.6 Å². The molecule has 1 unspecified atom stereocenters. The predicted molar refractivity (Wildman–Crippen MR) is 79.8 cm³/mol. The van der Waals surface area contributed by atoms with Crippen LogP contribution in [0, 0.1) is 5.92 Å². The van der Waals surface area contributed by atoms with Gasteiger partial charge in [-0.1, -0.05) is 0 Å². The van der Waals surface area contributed by atoms with Crippen LogP contribution in [-0.2, 0) is 4.74 Å². The van der Waals surface area contributed by atoms with Crippen LogP contribution < -0.4 is 15.8 Å². The van der Waals surface area contributed by atoms with E-state index in [1.165, 1.54) is 11.3 Å². The van der Waals surface area contributed by atoms with Gasteiger partial charge in [-0.3, -0.25) is 4.79 Å². The zero-order chi connectivity index (χ0) is 14.1. The second-order valence-electron chi connectivity index (χ2n) is 5.36. The summed E-state index contributed by atoms with van der Waals surface area (Å²) < 4.78 is 10.9. The number of rotatable bonds is 6. The van der Waals surface area contributed by atoms with E-state index in [2.05, 4.69) is 5.32 Å². The van der Waals surface area contributed by atoms with E-state index < -0.39 is 0 Å². The largest absolute Gasteiger partial charge is 0.492 e. The molecule has 0 bridgehead atoms. The molecule has 3 rings (SSSR count). The molecule has 110 valence electrons. The molecule has 2 aliphatic rings. The molecule has 0 aromatic carbocycles. The Kier molecular flexibility index (Phi) is 3.85. The number of carbonyl (C=O) groups is 1. The highest BCUT2D eigenvalue weighted by atomic mass is 32.1. The molecule has 2 fully saturated rings. The number of thiophene rings is 1. The van der Waals surface area contributed by atoms with Gasteiger partial charge in [0.1, 0.15) is 5.00 Å². The number of methoxy groups -OCH3 is 1. The van der Waals surface area contributed by atoms with Gasteiger partial charge >= 0.3 is 0 Å². The number of nitrogens with one attached hydrogen (secondary N) is 1. The second kappa shape index (κ2) is 5.61. The maximum atomic E-state index is 12.2. The molecule has 5 nitrogen and oxygen atoms in total. The molecule has 3 N–H and O–H groups in total. The first kappa shape index (κ1) is 13.7. The fourth-order valence-corrected chi connectivity index (χ4v) is 3.59. The van der Waals surface area contributed by atoms with E-state index in [1.54, 1.807) is 7.11 Å². The molecule has 0 radical (unpaired) electrons. The average molecular weight is 296 g/mol. The Morgan fingerprint density at radius 1 is 1.50 bits per heavy atom. The Balaban J connectivity index is 1.74. The lowest BCUT2D eigenvalue weighted by Gasteiger charge is -2.11. The minimum absolute atomic E-state index is 0.163. The monoisotopic (exact) mass is 296 g/mol. The van der Waals surface area contributed by atoms with Crippen molar-refractivity contribution in [3.63, 3.8) is 0 Å². The van der Waals surface area contributed by atoms with Gasteiger partial charge in [-0.15, -0.1) is 11.3 Å². The number of nitrogens with two attached hydrogens (primary N) is 1. The fraction of sp³-hybridized carbons (Fsp3) is 0.643. The summed E-state index contributed by atoms with van der Waals surface area (Å²) in [5.41, 5.74) is 6.53. The van der Waals surface area contributed by atoms with Gasteiger partial charge in [0.15, 0.2) is 11.5 Å². The maximum absolute atomic E-state index is 12.2. The van der Waals surface area contributed by atoms with E-state index in [4.69, 9.17) is 15.2 Å². The number of carbonyl (C=O) groups excluding carboxylic acids is 1. The third kappa shape index (κ3) is 2.62. The van der Waals surface area contributed by atoms with E-state index in [-0.39, 0.29) is 17.8 Å². The number of Topliss-reactive ketones (excluding diaryl/α,β-unsaturated/α-hetero) is 1. The van der Waals surface area contributed by atoms with Crippen LogP contribution in [0.2, 0.25) is 0 Å². The molecule has 20 heavy (non-hydrogen) atoms. The zero-order valence-electron chi connectivity index (χ0n) is 11.6. The van der Waals surface area contributed by atoms with Crippen molar-refractivity contribution in [3.8, 4) is 5.75 Å². The lowest BCUT2D eigenvalue weighted by atomic mass is 10.2. The highest BCUT2D eigenvalue weighted by Gasteiger charge is 2.34. The van der Waals surface area contributed by atoms with Crippen molar-refractivity contribution < 1.29 is 14.3 Å². The molecule has 2 heterocycles. The molecule has 6 heteroatoms. The molecule has 1 aliphatic carbocycles. The van der Waals surface area contributed by atoms with Crippen molar-refractivity contribution >= 4 is 27.8 Å². The summed E-state index contributed by atoms with van der Waals surface area (Å²) in [4.78, 5) is 12.8. The van der Waals surface area contributed by atoms with Gasteiger partial charge < -0.3 is 20.5 Å². The third-order valence-corrected chi connectivity index (χ3v) is 4.95. The van der Waals surface area contributed by atoms with Crippen LogP contribution in [0.15, 0.2) is 0 Å². The van der Waals surface area contributed by atoms with Gasteiger partial charge in [-0.25, -0.2) is 0 Å². The number of nitrogen functional groups attached to an aromatic ring is 1. The highest BCUT2D eigenvalue weighted by Crippen LogP contribution is 2.46. The normalized spacial score (nSPS) is 21.9. The van der Waals surface area contributed by atoms with Gasteiger partial charge in [-0.05, 0) is 25.7 Å². The summed E-state index contributed by atoms with van der Waals surface area (Å²) in [5.74, 6) is 0.930. The fourth-order valence-electron chi connectivity index (χ4n) is 2.47. The van der Waals surface area contributed by atoms with Crippen molar-refractivity contribution in [3.05, 3.63) is 4.88 Å². The van der Waals surface area contributed by atoms with Crippen LogP contribution in [0.4, 0.5) is 10.7 Å². The van der Waals surface area contributed by atoms with Crippen molar-refractivity contribution in [2.75, 3.05) is 31.3 Å². The Bertz CT molecular complexity index is 505. The summed E-state index contributed by atoms with van der Waals surface area (Å²) in [6.07, 6.45) is 4.39. The predicted octanol–water partition coefficient (Wildman–Crippen LogP) is 2.52. The van der Waals surface area contributed by atoms with Gasteiger partial charge in [-0.2, -0.15) is 0 Å². The van der Waals surface area contributed by atoms with E-state index in [0.29, 0.717) is 16.3 Å². The van der Waals surface area contributed by atoms with E-state index in [0.717, 1.165) is 43.8 Å². The molecule has 1 aromatic heterocycles. The van der Waals surface area contributed by atoms with Crippen LogP contribution in [0.3, 0.4) is 0 Å². The number of hydrogen-bond donors (Lipinski definition) is 2.